The molecule has 0 spiro atoms. The quantitative estimate of drug-likeness (QED) is 0.848. The molecule has 0 bridgehead atoms. The lowest BCUT2D eigenvalue weighted by Crippen LogP contribution is -2.34. The van der Waals surface area contributed by atoms with Crippen molar-refractivity contribution < 1.29 is 13.5 Å². The number of aliphatic hydroxyl groups excluding tert-OH is 1. The smallest absolute Gasteiger partial charge is 0.240 e. The predicted octanol–water partition coefficient (Wildman–Crippen LogP) is 2.51. The Morgan fingerprint density at radius 1 is 1.20 bits per heavy atom. The Kier molecular flexibility index (Phi) is 5.35. The van der Waals surface area contributed by atoms with Gasteiger partial charge in [-0.05, 0) is 48.4 Å². The van der Waals surface area contributed by atoms with E-state index in [1.54, 1.807) is 19.1 Å². The van der Waals surface area contributed by atoms with E-state index in [4.69, 9.17) is 0 Å². The molecule has 0 aromatic heterocycles. The van der Waals surface area contributed by atoms with E-state index < -0.39 is 10.0 Å². The third-order valence-electron chi connectivity index (χ3n) is 3.79. The molecule has 1 aromatic rings. The molecule has 1 rings (SSSR count). The highest BCUT2D eigenvalue weighted by Gasteiger charge is 2.22. The number of sulfonamides is 1. The van der Waals surface area contributed by atoms with Crippen molar-refractivity contribution in [3.05, 3.63) is 28.8 Å². The lowest BCUT2D eigenvalue weighted by molar-refractivity contribution is 0.280. The lowest BCUT2D eigenvalue weighted by atomic mass is 9.91. The molecule has 1 aromatic carbocycles. The van der Waals surface area contributed by atoms with Crippen molar-refractivity contribution in [1.82, 2.24) is 4.72 Å². The van der Waals surface area contributed by atoms with E-state index in [1.165, 1.54) is 0 Å². The van der Waals surface area contributed by atoms with Gasteiger partial charge in [0.15, 0.2) is 0 Å². The van der Waals surface area contributed by atoms with Crippen LogP contribution < -0.4 is 4.72 Å². The average Bonchev–Trinajstić information content (AvgIpc) is 2.36. The third-order valence-corrected chi connectivity index (χ3v) is 5.33. The van der Waals surface area contributed by atoms with Crippen LogP contribution >= 0.6 is 0 Å². The minimum absolute atomic E-state index is 0.0779. The van der Waals surface area contributed by atoms with Gasteiger partial charge < -0.3 is 5.11 Å². The topological polar surface area (TPSA) is 66.4 Å². The van der Waals surface area contributed by atoms with Gasteiger partial charge >= 0.3 is 0 Å². The van der Waals surface area contributed by atoms with Crippen molar-refractivity contribution in [2.24, 2.45) is 5.41 Å². The molecule has 0 aliphatic rings. The molecule has 0 atom stereocenters. The van der Waals surface area contributed by atoms with E-state index in [1.807, 2.05) is 27.7 Å². The van der Waals surface area contributed by atoms with E-state index >= 15 is 0 Å². The third kappa shape index (κ3) is 4.04. The van der Waals surface area contributed by atoms with Gasteiger partial charge in [0.05, 0.1) is 11.5 Å². The highest BCUT2D eigenvalue weighted by atomic mass is 32.2. The molecule has 0 unspecified atom stereocenters. The summed E-state index contributed by atoms with van der Waals surface area (Å²) in [6, 6.07) is 3.36. The van der Waals surface area contributed by atoms with Crippen LogP contribution in [-0.2, 0) is 16.6 Å². The van der Waals surface area contributed by atoms with Crippen LogP contribution in [0.3, 0.4) is 0 Å². The van der Waals surface area contributed by atoms with Gasteiger partial charge in [-0.15, -0.1) is 0 Å². The standard InChI is InChI=1S/C15H25NO3S/c1-6-15(4,5)10-16-20(18,19)14-8-13(9-17)11(2)7-12(14)3/h7-8,16-17H,6,9-10H2,1-5H3. The molecule has 114 valence electrons. The molecule has 0 radical (unpaired) electrons. The fourth-order valence-electron chi connectivity index (χ4n) is 1.83. The van der Waals surface area contributed by atoms with Crippen molar-refractivity contribution in [3.8, 4) is 0 Å². The fourth-order valence-corrected chi connectivity index (χ4v) is 3.34. The van der Waals surface area contributed by atoms with Gasteiger partial charge in [-0.25, -0.2) is 13.1 Å². The van der Waals surface area contributed by atoms with E-state index in [-0.39, 0.29) is 16.9 Å². The summed E-state index contributed by atoms with van der Waals surface area (Å²) in [5.41, 5.74) is 2.16. The summed E-state index contributed by atoms with van der Waals surface area (Å²) >= 11 is 0. The Morgan fingerprint density at radius 2 is 1.80 bits per heavy atom. The van der Waals surface area contributed by atoms with Gasteiger partial charge in [-0.1, -0.05) is 26.8 Å². The van der Waals surface area contributed by atoms with Crippen LogP contribution in [0.25, 0.3) is 0 Å². The normalized spacial score (nSPS) is 12.7. The van der Waals surface area contributed by atoms with E-state index in [2.05, 4.69) is 4.72 Å². The molecular formula is C15H25NO3S. The van der Waals surface area contributed by atoms with Crippen LogP contribution in [0.15, 0.2) is 17.0 Å². The van der Waals surface area contributed by atoms with E-state index in [9.17, 15) is 13.5 Å². The van der Waals surface area contributed by atoms with Gasteiger partial charge in [-0.3, -0.25) is 0 Å². The van der Waals surface area contributed by atoms with Crippen molar-refractivity contribution in [1.29, 1.82) is 0 Å². The number of hydrogen-bond acceptors (Lipinski definition) is 3. The van der Waals surface area contributed by atoms with Gasteiger partial charge in [0.1, 0.15) is 0 Å². The van der Waals surface area contributed by atoms with Crippen molar-refractivity contribution in [3.63, 3.8) is 0 Å². The van der Waals surface area contributed by atoms with E-state index in [0.717, 1.165) is 12.0 Å². The summed E-state index contributed by atoms with van der Waals surface area (Å²) < 4.78 is 27.5. The summed E-state index contributed by atoms with van der Waals surface area (Å²) in [5.74, 6) is 0. The largest absolute Gasteiger partial charge is 0.392 e. The Bertz CT molecular complexity index is 577. The summed E-state index contributed by atoms with van der Waals surface area (Å²) in [5, 5.41) is 9.28. The number of aryl methyl sites for hydroxylation is 2. The SMILES string of the molecule is CCC(C)(C)CNS(=O)(=O)c1cc(CO)c(C)cc1C. The molecule has 4 nitrogen and oxygen atoms in total. The second-order valence-electron chi connectivity index (χ2n) is 6.04. The summed E-state index contributed by atoms with van der Waals surface area (Å²) in [4.78, 5) is 0.249. The maximum absolute atomic E-state index is 12.4. The van der Waals surface area contributed by atoms with Crippen molar-refractivity contribution in [2.75, 3.05) is 6.54 Å². The van der Waals surface area contributed by atoms with Crippen LogP contribution in [0.4, 0.5) is 0 Å². The van der Waals surface area contributed by atoms with Gasteiger partial charge in [0, 0.05) is 6.54 Å². The molecule has 0 amide bonds. The average molecular weight is 299 g/mol. The van der Waals surface area contributed by atoms with Crippen LogP contribution in [0.5, 0.6) is 0 Å². The first-order chi connectivity index (χ1) is 9.13. The maximum Gasteiger partial charge on any atom is 0.240 e. The Morgan fingerprint density at radius 3 is 2.30 bits per heavy atom. The van der Waals surface area contributed by atoms with Crippen LogP contribution in [-0.4, -0.2) is 20.1 Å². The Hall–Kier alpha value is -0.910. The van der Waals surface area contributed by atoms with Gasteiger partial charge in [-0.2, -0.15) is 0 Å². The molecule has 0 saturated carbocycles. The van der Waals surface area contributed by atoms with Crippen LogP contribution in [0.1, 0.15) is 43.9 Å². The lowest BCUT2D eigenvalue weighted by Gasteiger charge is -2.23. The molecule has 0 aliphatic carbocycles. The first kappa shape index (κ1) is 17.1. The number of aliphatic hydroxyl groups is 1. The Labute approximate surface area is 122 Å². The van der Waals surface area contributed by atoms with Crippen LogP contribution in [0.2, 0.25) is 0 Å². The zero-order valence-corrected chi connectivity index (χ0v) is 13.8. The molecular weight excluding hydrogens is 274 g/mol. The second-order valence-corrected chi connectivity index (χ2v) is 7.78. The first-order valence-corrected chi connectivity index (χ1v) is 8.32. The minimum Gasteiger partial charge on any atom is -0.392 e. The van der Waals surface area contributed by atoms with Crippen molar-refractivity contribution in [2.45, 2.75) is 52.5 Å². The number of hydrogen-bond donors (Lipinski definition) is 2. The molecule has 0 fully saturated rings. The number of nitrogens with one attached hydrogen (secondary N) is 1. The molecule has 2 N–H and O–H groups in total. The second kappa shape index (κ2) is 6.24. The van der Waals surface area contributed by atoms with Gasteiger partial charge in [0.25, 0.3) is 0 Å². The zero-order valence-electron chi connectivity index (χ0n) is 12.9. The highest BCUT2D eigenvalue weighted by Crippen LogP contribution is 2.23. The molecule has 5 heteroatoms. The monoisotopic (exact) mass is 299 g/mol. The van der Waals surface area contributed by atoms with Gasteiger partial charge in [0.2, 0.25) is 10.0 Å². The molecule has 20 heavy (non-hydrogen) atoms. The Balaban J connectivity index is 3.10. The summed E-state index contributed by atoms with van der Waals surface area (Å²) in [6.07, 6.45) is 0.893. The summed E-state index contributed by atoms with van der Waals surface area (Å²) in [7, 11) is -3.54. The predicted molar refractivity (Wildman–Crippen MR) is 81.1 cm³/mol. The maximum atomic E-state index is 12.4. The van der Waals surface area contributed by atoms with E-state index in [0.29, 0.717) is 17.7 Å². The first-order valence-electron chi connectivity index (χ1n) is 6.83. The minimum atomic E-state index is -3.54. The highest BCUT2D eigenvalue weighted by molar-refractivity contribution is 7.89. The fraction of sp³-hybridized carbons (Fsp3) is 0.600. The van der Waals surface area contributed by atoms with Crippen LogP contribution in [0, 0.1) is 19.3 Å². The number of rotatable bonds is 6. The molecule has 0 heterocycles. The number of benzene rings is 1. The zero-order chi connectivity index (χ0) is 15.6. The molecule has 0 aliphatic heterocycles. The molecule has 0 saturated heterocycles. The van der Waals surface area contributed by atoms with Crippen molar-refractivity contribution >= 4 is 10.0 Å². The summed E-state index contributed by atoms with van der Waals surface area (Å²) in [6.45, 7) is 9.96.